The van der Waals surface area contributed by atoms with Gasteiger partial charge in [-0.1, -0.05) is 47.0 Å². The molecule has 2 fully saturated rings. The third-order valence-electron chi connectivity index (χ3n) is 6.06. The first-order valence-electron chi connectivity index (χ1n) is 9.26. The van der Waals surface area contributed by atoms with Crippen LogP contribution in [0.1, 0.15) is 91.9 Å². The highest BCUT2D eigenvalue weighted by atomic mass is 15.0. The summed E-state index contributed by atoms with van der Waals surface area (Å²) >= 11 is 0. The van der Waals surface area contributed by atoms with Crippen LogP contribution >= 0.6 is 0 Å². The van der Waals surface area contributed by atoms with Crippen molar-refractivity contribution in [2.45, 2.75) is 104 Å². The Morgan fingerprint density at radius 2 is 1.50 bits per heavy atom. The van der Waals surface area contributed by atoms with E-state index in [2.05, 4.69) is 33.0 Å². The molecule has 1 atom stereocenters. The number of hydrogen-bond acceptors (Lipinski definition) is 1. The van der Waals surface area contributed by atoms with E-state index in [1.54, 1.807) is 0 Å². The van der Waals surface area contributed by atoms with E-state index in [0.29, 0.717) is 5.41 Å². The van der Waals surface area contributed by atoms with Crippen molar-refractivity contribution in [3.8, 4) is 0 Å². The zero-order valence-electron chi connectivity index (χ0n) is 14.4. The Balaban J connectivity index is 1.78. The molecular weight excluding hydrogens is 242 g/mol. The van der Waals surface area contributed by atoms with E-state index in [-0.39, 0.29) is 0 Å². The quantitative estimate of drug-likeness (QED) is 0.712. The average molecular weight is 280 g/mol. The predicted molar refractivity (Wildman–Crippen MR) is 89.0 cm³/mol. The summed E-state index contributed by atoms with van der Waals surface area (Å²) in [5.41, 5.74) is 0.512. The lowest BCUT2D eigenvalue weighted by atomic mass is 9.71. The first kappa shape index (κ1) is 16.3. The van der Waals surface area contributed by atoms with Crippen LogP contribution in [0.5, 0.6) is 0 Å². The fourth-order valence-corrected chi connectivity index (χ4v) is 4.55. The molecule has 0 aromatic heterocycles. The molecule has 118 valence electrons. The van der Waals surface area contributed by atoms with Gasteiger partial charge in [0.15, 0.2) is 0 Å². The van der Waals surface area contributed by atoms with Gasteiger partial charge in [-0.25, -0.2) is 0 Å². The Morgan fingerprint density at radius 3 is 2.00 bits per heavy atom. The Bertz CT molecular complexity index is 264. The van der Waals surface area contributed by atoms with Crippen molar-refractivity contribution in [3.05, 3.63) is 0 Å². The molecule has 2 saturated carbocycles. The highest BCUT2D eigenvalue weighted by Crippen LogP contribution is 2.38. The smallest absolute Gasteiger partial charge is 0.00952 e. The number of hydrogen-bond donors (Lipinski definition) is 1. The van der Waals surface area contributed by atoms with Gasteiger partial charge in [-0.2, -0.15) is 0 Å². The maximum Gasteiger partial charge on any atom is 0.00952 e. The predicted octanol–water partition coefficient (Wildman–Crippen LogP) is 5.54. The van der Waals surface area contributed by atoms with Crippen LogP contribution < -0.4 is 5.32 Å². The molecule has 1 heteroatoms. The minimum Gasteiger partial charge on any atom is -0.311 e. The maximum atomic E-state index is 4.05. The van der Waals surface area contributed by atoms with Crippen LogP contribution in [-0.2, 0) is 0 Å². The summed E-state index contributed by atoms with van der Waals surface area (Å²) in [6.45, 7) is 9.64. The van der Waals surface area contributed by atoms with Gasteiger partial charge in [0.05, 0.1) is 0 Å². The fraction of sp³-hybridized carbons (Fsp3) is 1.00. The van der Waals surface area contributed by atoms with Crippen LogP contribution in [0.4, 0.5) is 0 Å². The number of rotatable bonds is 4. The van der Waals surface area contributed by atoms with Gasteiger partial charge < -0.3 is 5.32 Å². The van der Waals surface area contributed by atoms with E-state index >= 15 is 0 Å². The minimum atomic E-state index is 0.512. The first-order valence-corrected chi connectivity index (χ1v) is 9.26. The van der Waals surface area contributed by atoms with Gasteiger partial charge in [0.1, 0.15) is 0 Å². The third-order valence-corrected chi connectivity index (χ3v) is 6.06. The van der Waals surface area contributed by atoms with Gasteiger partial charge in [0.2, 0.25) is 0 Å². The largest absolute Gasteiger partial charge is 0.311 e. The van der Waals surface area contributed by atoms with Crippen molar-refractivity contribution in [3.63, 3.8) is 0 Å². The zero-order chi connectivity index (χ0) is 14.6. The van der Waals surface area contributed by atoms with E-state index in [1.165, 1.54) is 64.2 Å². The third kappa shape index (κ3) is 4.48. The van der Waals surface area contributed by atoms with Gasteiger partial charge in [0, 0.05) is 12.1 Å². The van der Waals surface area contributed by atoms with E-state index in [0.717, 1.165) is 23.9 Å². The summed E-state index contributed by atoms with van der Waals surface area (Å²) in [4.78, 5) is 0. The summed E-state index contributed by atoms with van der Waals surface area (Å²) in [6, 6.07) is 1.60. The normalized spacial score (nSPS) is 31.2. The molecule has 20 heavy (non-hydrogen) atoms. The van der Waals surface area contributed by atoms with E-state index in [1.807, 2.05) is 0 Å². The van der Waals surface area contributed by atoms with Gasteiger partial charge >= 0.3 is 0 Å². The average Bonchev–Trinajstić information content (AvgIpc) is 2.45. The van der Waals surface area contributed by atoms with Crippen LogP contribution in [0.15, 0.2) is 0 Å². The molecular formula is C19H37N. The van der Waals surface area contributed by atoms with Crippen LogP contribution in [0.3, 0.4) is 0 Å². The molecule has 0 aliphatic heterocycles. The summed E-state index contributed by atoms with van der Waals surface area (Å²) < 4.78 is 0. The van der Waals surface area contributed by atoms with Crippen LogP contribution in [0, 0.1) is 17.3 Å². The molecule has 0 amide bonds. The second-order valence-electron chi connectivity index (χ2n) is 8.49. The fourth-order valence-electron chi connectivity index (χ4n) is 4.55. The SMILES string of the molecule is CCC(NC1CCC(C(C)(C)C)CC1)C1CCCCC1. The van der Waals surface area contributed by atoms with Crippen LogP contribution in [0.25, 0.3) is 0 Å². The molecule has 0 heterocycles. The van der Waals surface area contributed by atoms with Crippen molar-refractivity contribution in [1.29, 1.82) is 0 Å². The number of nitrogens with one attached hydrogen (secondary N) is 1. The molecule has 2 rings (SSSR count). The summed E-state index contributed by atoms with van der Waals surface area (Å²) in [5, 5.41) is 4.05. The van der Waals surface area contributed by atoms with Crippen molar-refractivity contribution in [2.24, 2.45) is 17.3 Å². The monoisotopic (exact) mass is 279 g/mol. The Labute approximate surface area is 127 Å². The maximum absolute atomic E-state index is 4.05. The van der Waals surface area contributed by atoms with Crippen molar-refractivity contribution >= 4 is 0 Å². The van der Waals surface area contributed by atoms with E-state index < -0.39 is 0 Å². The second-order valence-corrected chi connectivity index (χ2v) is 8.49. The summed E-state index contributed by atoms with van der Waals surface area (Å²) in [7, 11) is 0. The molecule has 0 aromatic carbocycles. The first-order chi connectivity index (χ1) is 9.50. The highest BCUT2D eigenvalue weighted by Gasteiger charge is 2.31. The molecule has 0 spiro atoms. The van der Waals surface area contributed by atoms with Crippen molar-refractivity contribution in [1.82, 2.24) is 5.32 Å². The minimum absolute atomic E-state index is 0.512. The second kappa shape index (κ2) is 7.29. The Kier molecular flexibility index (Phi) is 5.95. The van der Waals surface area contributed by atoms with Crippen molar-refractivity contribution < 1.29 is 0 Å². The van der Waals surface area contributed by atoms with E-state index in [4.69, 9.17) is 0 Å². The van der Waals surface area contributed by atoms with Gasteiger partial charge in [0.25, 0.3) is 0 Å². The molecule has 1 unspecified atom stereocenters. The summed E-state index contributed by atoms with van der Waals surface area (Å²) in [6.07, 6.45) is 14.4. The molecule has 0 saturated heterocycles. The molecule has 1 nitrogen and oxygen atoms in total. The van der Waals surface area contributed by atoms with Gasteiger partial charge in [-0.3, -0.25) is 0 Å². The van der Waals surface area contributed by atoms with Gasteiger partial charge in [-0.05, 0) is 62.2 Å². The van der Waals surface area contributed by atoms with Crippen LogP contribution in [0.2, 0.25) is 0 Å². The van der Waals surface area contributed by atoms with Gasteiger partial charge in [-0.15, -0.1) is 0 Å². The molecule has 0 bridgehead atoms. The highest BCUT2D eigenvalue weighted by molar-refractivity contribution is 4.87. The van der Waals surface area contributed by atoms with Crippen molar-refractivity contribution in [2.75, 3.05) is 0 Å². The lowest BCUT2D eigenvalue weighted by Gasteiger charge is -2.40. The summed E-state index contributed by atoms with van der Waals surface area (Å²) in [5.74, 6) is 1.91. The molecule has 2 aliphatic rings. The topological polar surface area (TPSA) is 12.0 Å². The van der Waals surface area contributed by atoms with E-state index in [9.17, 15) is 0 Å². The lowest BCUT2D eigenvalue weighted by Crippen LogP contribution is -2.45. The molecule has 2 aliphatic carbocycles. The van der Waals surface area contributed by atoms with Crippen LogP contribution in [-0.4, -0.2) is 12.1 Å². The molecule has 0 radical (unpaired) electrons. The zero-order valence-corrected chi connectivity index (χ0v) is 14.4. The molecule has 1 N–H and O–H groups in total. The Hall–Kier alpha value is -0.0400. The Morgan fingerprint density at radius 1 is 0.900 bits per heavy atom. The standard InChI is InChI=1S/C19H37N/c1-5-18(15-9-7-6-8-10-15)20-17-13-11-16(12-14-17)19(2,3)4/h15-18,20H,5-14H2,1-4H3. The lowest BCUT2D eigenvalue weighted by molar-refractivity contribution is 0.145. The molecule has 0 aromatic rings.